The van der Waals surface area contributed by atoms with Gasteiger partial charge >= 0.3 is 16.4 Å². The molecule has 1 unspecified atom stereocenters. The second kappa shape index (κ2) is 5.79. The van der Waals surface area contributed by atoms with Crippen LogP contribution in [0.1, 0.15) is 10.4 Å². The molecule has 3 rings (SSSR count). The van der Waals surface area contributed by atoms with Gasteiger partial charge in [0.2, 0.25) is 4.90 Å². The summed E-state index contributed by atoms with van der Waals surface area (Å²) in [5.41, 5.74) is 0.888. The van der Waals surface area contributed by atoms with E-state index in [1.165, 1.54) is 30.3 Å². The number of aromatic carboxylic acids is 1. The van der Waals surface area contributed by atoms with Crippen LogP contribution in [0.5, 0.6) is 0 Å². The lowest BCUT2D eigenvalue weighted by Gasteiger charge is -2.08. The first-order valence-corrected chi connectivity index (χ1v) is 8.20. The molecule has 0 spiro atoms. The van der Waals surface area contributed by atoms with Gasteiger partial charge in [-0.05, 0) is 34.5 Å². The van der Waals surface area contributed by atoms with Crippen LogP contribution in [-0.2, 0) is 14.6 Å². The van der Waals surface area contributed by atoms with Crippen LogP contribution in [-0.4, -0.2) is 20.6 Å². The molecule has 1 aromatic heterocycles. The summed E-state index contributed by atoms with van der Waals surface area (Å²) in [4.78, 5) is 15.2. The number of hydrogen-bond donors (Lipinski definition) is 3. The fraction of sp³-hybridized carbons (Fsp3) is 0. The fourth-order valence-electron chi connectivity index (χ4n) is 2.20. The molecule has 6 nitrogen and oxygen atoms in total. The quantitative estimate of drug-likeness (QED) is 0.638. The molecule has 0 saturated heterocycles. The van der Waals surface area contributed by atoms with E-state index in [1.807, 2.05) is 12.1 Å². The normalized spacial score (nSPS) is 13.4. The molecule has 3 N–H and O–H groups in total. The monoisotopic (exact) mass is 329 g/mol. The number of aromatic nitrogens is 1. The first-order valence-electron chi connectivity index (χ1n) is 6.69. The minimum atomic E-state index is -3.58. The molecular formula is C16H13N2O4S+. The van der Waals surface area contributed by atoms with Crippen molar-refractivity contribution in [3.8, 4) is 0 Å². The van der Waals surface area contributed by atoms with Gasteiger partial charge in [-0.1, -0.05) is 18.2 Å². The lowest BCUT2D eigenvalue weighted by atomic mass is 10.2. The number of hydrogen-bond acceptors (Lipinski definition) is 3. The molecule has 0 aliphatic rings. The van der Waals surface area contributed by atoms with Crippen LogP contribution >= 0.6 is 0 Å². The maximum Gasteiger partial charge on any atom is 0.348 e. The summed E-state index contributed by atoms with van der Waals surface area (Å²) in [6.45, 7) is 0. The van der Waals surface area contributed by atoms with Gasteiger partial charge in [0.25, 0.3) is 0 Å². The van der Waals surface area contributed by atoms with Gasteiger partial charge in [0.1, 0.15) is 5.52 Å². The Morgan fingerprint density at radius 3 is 2.43 bits per heavy atom. The van der Waals surface area contributed by atoms with Gasteiger partial charge in [-0.3, -0.25) is 4.98 Å². The summed E-state index contributed by atoms with van der Waals surface area (Å²) < 4.78 is 25.6. The number of nitrogens with one attached hydrogen (secondary N) is 1. The first kappa shape index (κ1) is 15.1. The molecule has 3 aromatic rings. The molecule has 23 heavy (non-hydrogen) atoms. The SMILES string of the molecule is O=C(O)c1ccc(N[S+](=O)(O)c2cccc3cccnc23)cc1. The molecule has 0 radical (unpaired) electrons. The van der Waals surface area contributed by atoms with Crippen molar-refractivity contribution in [3.05, 3.63) is 66.4 Å². The third-order valence-electron chi connectivity index (χ3n) is 3.28. The summed E-state index contributed by atoms with van der Waals surface area (Å²) in [5, 5.41) is 9.63. The topological polar surface area (TPSA) is 99.5 Å². The van der Waals surface area contributed by atoms with Gasteiger partial charge < -0.3 is 5.11 Å². The summed E-state index contributed by atoms with van der Waals surface area (Å²) >= 11 is 0. The van der Waals surface area contributed by atoms with E-state index in [9.17, 15) is 13.6 Å². The molecule has 0 aliphatic carbocycles. The van der Waals surface area contributed by atoms with Crippen LogP contribution in [0.3, 0.4) is 0 Å². The summed E-state index contributed by atoms with van der Waals surface area (Å²) in [5.74, 6) is -1.06. The van der Waals surface area contributed by atoms with Crippen LogP contribution < -0.4 is 4.72 Å². The lowest BCUT2D eigenvalue weighted by molar-refractivity contribution is 0.0697. The molecule has 0 amide bonds. The van der Waals surface area contributed by atoms with Gasteiger partial charge in [0, 0.05) is 17.6 Å². The van der Waals surface area contributed by atoms with Crippen molar-refractivity contribution in [2.24, 2.45) is 0 Å². The average molecular weight is 329 g/mol. The lowest BCUT2D eigenvalue weighted by Crippen LogP contribution is -2.21. The first-order chi connectivity index (χ1) is 11.0. The highest BCUT2D eigenvalue weighted by Crippen LogP contribution is 2.26. The number of nitrogens with zero attached hydrogens (tertiary/aromatic N) is 1. The number of carboxylic acid groups (broad SMARTS) is 1. The van der Waals surface area contributed by atoms with E-state index in [0.29, 0.717) is 11.2 Å². The Kier molecular flexibility index (Phi) is 3.81. The number of carbonyl (C=O) groups is 1. The predicted octanol–water partition coefficient (Wildman–Crippen LogP) is 3.29. The molecule has 0 saturated carbocycles. The van der Waals surface area contributed by atoms with Crippen LogP contribution in [0.4, 0.5) is 5.69 Å². The summed E-state index contributed by atoms with van der Waals surface area (Å²) in [7, 11) is -3.58. The van der Waals surface area contributed by atoms with Crippen molar-refractivity contribution in [2.75, 3.05) is 4.72 Å². The van der Waals surface area contributed by atoms with E-state index < -0.39 is 16.4 Å². The maximum atomic E-state index is 12.7. The maximum absolute atomic E-state index is 12.7. The molecular weight excluding hydrogens is 316 g/mol. The smallest absolute Gasteiger partial charge is 0.348 e. The van der Waals surface area contributed by atoms with Gasteiger partial charge in [-0.15, -0.1) is 0 Å². The number of benzene rings is 2. The zero-order valence-corrected chi connectivity index (χ0v) is 12.7. The molecule has 0 fully saturated rings. The largest absolute Gasteiger partial charge is 0.478 e. The number of fused-ring (bicyclic) bond motifs is 1. The van der Waals surface area contributed by atoms with Gasteiger partial charge in [-0.25, -0.2) is 4.79 Å². The third kappa shape index (κ3) is 3.05. The number of para-hydroxylation sites is 1. The van der Waals surface area contributed by atoms with Crippen molar-refractivity contribution in [2.45, 2.75) is 4.90 Å². The molecule has 1 heterocycles. The minimum absolute atomic E-state index is 0.104. The van der Waals surface area contributed by atoms with E-state index in [0.717, 1.165) is 5.39 Å². The highest BCUT2D eigenvalue weighted by atomic mass is 32.3. The predicted molar refractivity (Wildman–Crippen MR) is 87.7 cm³/mol. The Labute approximate surface area is 133 Å². The van der Waals surface area contributed by atoms with E-state index in [4.69, 9.17) is 5.11 Å². The van der Waals surface area contributed by atoms with Crippen LogP contribution in [0.15, 0.2) is 65.7 Å². The second-order valence-electron chi connectivity index (χ2n) is 4.84. The molecule has 0 bridgehead atoms. The van der Waals surface area contributed by atoms with E-state index in [1.54, 1.807) is 18.3 Å². The van der Waals surface area contributed by atoms with Crippen molar-refractivity contribution in [1.82, 2.24) is 4.98 Å². The third-order valence-corrected chi connectivity index (χ3v) is 4.72. The minimum Gasteiger partial charge on any atom is -0.478 e. The van der Waals surface area contributed by atoms with Crippen molar-refractivity contribution < 1.29 is 18.7 Å². The van der Waals surface area contributed by atoms with Crippen LogP contribution in [0.25, 0.3) is 10.9 Å². The van der Waals surface area contributed by atoms with Gasteiger partial charge in [-0.2, -0.15) is 9.27 Å². The zero-order valence-electron chi connectivity index (χ0n) is 11.8. The Hall–Kier alpha value is -2.77. The number of rotatable bonds is 4. The number of carboxylic acids is 1. The average Bonchev–Trinajstić information content (AvgIpc) is 2.54. The van der Waals surface area contributed by atoms with Crippen molar-refractivity contribution in [1.29, 1.82) is 0 Å². The van der Waals surface area contributed by atoms with E-state index in [2.05, 4.69) is 9.71 Å². The second-order valence-corrected chi connectivity index (χ2v) is 6.54. The summed E-state index contributed by atoms with van der Waals surface area (Å²) in [6, 6.07) is 14.2. The molecule has 116 valence electrons. The Balaban J connectivity index is 1.97. The fourth-order valence-corrected chi connectivity index (χ4v) is 3.46. The number of anilines is 1. The van der Waals surface area contributed by atoms with Crippen LogP contribution in [0, 0.1) is 0 Å². The highest BCUT2D eigenvalue weighted by Gasteiger charge is 2.32. The van der Waals surface area contributed by atoms with Gasteiger partial charge in [0.05, 0.1) is 11.3 Å². The van der Waals surface area contributed by atoms with Crippen LogP contribution in [0.2, 0.25) is 0 Å². The zero-order chi connectivity index (χ0) is 16.4. The van der Waals surface area contributed by atoms with E-state index >= 15 is 0 Å². The Morgan fingerprint density at radius 1 is 1.04 bits per heavy atom. The van der Waals surface area contributed by atoms with E-state index in [-0.39, 0.29) is 10.5 Å². The Bertz CT molecular complexity index is 920. The van der Waals surface area contributed by atoms with Crippen molar-refractivity contribution >= 4 is 33.0 Å². The Morgan fingerprint density at radius 2 is 1.74 bits per heavy atom. The standard InChI is InChI=1S/C16H12N2O4S/c19-16(20)12-6-8-13(9-7-12)18-23(21,22)14-5-1-3-11-4-2-10-17-15(11)14/h1-10H,(H2-,18,19,20,21,22)/p+1. The summed E-state index contributed by atoms with van der Waals surface area (Å²) in [6.07, 6.45) is 1.56. The molecule has 1 atom stereocenters. The van der Waals surface area contributed by atoms with Gasteiger partial charge in [0.15, 0.2) is 0 Å². The highest BCUT2D eigenvalue weighted by molar-refractivity contribution is 7.99. The molecule has 7 heteroatoms. The molecule has 0 aliphatic heterocycles. The van der Waals surface area contributed by atoms with Crippen molar-refractivity contribution in [3.63, 3.8) is 0 Å². The number of pyridine rings is 1. The molecule has 2 aromatic carbocycles.